The molecule has 0 unspecified atom stereocenters. The highest BCUT2D eigenvalue weighted by Gasteiger charge is 2.57. The monoisotopic (exact) mass is 394 g/mol. The van der Waals surface area contributed by atoms with E-state index in [0.717, 1.165) is 0 Å². The van der Waals surface area contributed by atoms with E-state index in [-0.39, 0.29) is 54.9 Å². The van der Waals surface area contributed by atoms with Gasteiger partial charge in [-0.05, 0) is 25.3 Å². The molecule has 3 aliphatic rings. The fourth-order valence-corrected chi connectivity index (χ4v) is 4.48. The third-order valence-corrected chi connectivity index (χ3v) is 5.79. The number of amidine groups is 1. The number of carboxylic acid groups (broad SMARTS) is 1. The summed E-state index contributed by atoms with van der Waals surface area (Å²) in [6, 6.07) is -0.314. The minimum Gasteiger partial charge on any atom is -0.477 e. The van der Waals surface area contributed by atoms with Crippen molar-refractivity contribution in [1.29, 1.82) is 5.41 Å². The molecule has 0 aliphatic carbocycles. The molecule has 2 fully saturated rings. The lowest BCUT2D eigenvalue weighted by Crippen LogP contribution is -2.61. The van der Waals surface area contributed by atoms with Gasteiger partial charge >= 0.3 is 5.97 Å². The molecule has 3 heterocycles. The first-order valence-corrected chi connectivity index (χ1v) is 9.43. The van der Waals surface area contributed by atoms with E-state index in [4.69, 9.17) is 10.5 Å². The van der Waals surface area contributed by atoms with Crippen LogP contribution in [0.4, 0.5) is 0 Å². The molecule has 154 valence electrons. The highest BCUT2D eigenvalue weighted by Crippen LogP contribution is 2.47. The first kappa shape index (κ1) is 20.3. The topological polar surface area (TPSA) is 154 Å². The second kappa shape index (κ2) is 7.88. The zero-order valence-corrected chi connectivity index (χ0v) is 15.7. The number of carboxylic acids is 1. The van der Waals surface area contributed by atoms with Crippen LogP contribution in [0, 0.1) is 17.2 Å². The Morgan fingerprint density at radius 3 is 2.71 bits per heavy atom. The normalized spacial score (nSPS) is 27.5. The fraction of sp³-hybridized carbons (Fsp3) is 0.667. The van der Waals surface area contributed by atoms with Gasteiger partial charge in [0.15, 0.2) is 0 Å². The highest BCUT2D eigenvalue weighted by molar-refractivity contribution is 6.00. The standard InChI is InChI=1S/C18H26N4O6/c1-9(24)15-12-6-11(16(18(27)28)22(12)17(15)26)10-2-4-21(8-10)13(19)7-14(25)20-3-5-23/h9-10,12,15,19,23-24H,2-8H2,1H3,(H,20,25)(H,27,28)/t9-,10-,12-,15-/m1/s1. The first-order chi connectivity index (χ1) is 13.3. The molecule has 3 aliphatic heterocycles. The van der Waals surface area contributed by atoms with Gasteiger partial charge in [0.2, 0.25) is 11.8 Å². The van der Waals surface area contributed by atoms with Crippen molar-refractivity contribution in [2.75, 3.05) is 26.2 Å². The average molecular weight is 394 g/mol. The molecule has 0 aromatic heterocycles. The van der Waals surface area contributed by atoms with E-state index in [1.807, 2.05) is 0 Å². The predicted molar refractivity (Wildman–Crippen MR) is 97.2 cm³/mol. The summed E-state index contributed by atoms with van der Waals surface area (Å²) in [5.74, 6) is -2.38. The number of β-lactam (4-membered cyclic amide) rings is 1. The molecule has 10 nitrogen and oxygen atoms in total. The summed E-state index contributed by atoms with van der Waals surface area (Å²) in [7, 11) is 0. The van der Waals surface area contributed by atoms with Crippen molar-refractivity contribution in [1.82, 2.24) is 15.1 Å². The summed E-state index contributed by atoms with van der Waals surface area (Å²) in [4.78, 5) is 38.9. The van der Waals surface area contributed by atoms with Gasteiger partial charge in [-0.2, -0.15) is 0 Å². The molecule has 28 heavy (non-hydrogen) atoms. The second-order valence-corrected chi connectivity index (χ2v) is 7.55. The van der Waals surface area contributed by atoms with Gasteiger partial charge in [-0.1, -0.05) is 0 Å². The lowest BCUT2D eigenvalue weighted by atomic mass is 9.82. The Kier molecular flexibility index (Phi) is 5.71. The number of aliphatic hydroxyl groups excluding tert-OH is 2. The van der Waals surface area contributed by atoms with E-state index in [2.05, 4.69) is 5.32 Å². The minimum atomic E-state index is -1.15. The van der Waals surface area contributed by atoms with E-state index in [9.17, 15) is 24.6 Å². The van der Waals surface area contributed by atoms with Crippen LogP contribution in [0.25, 0.3) is 0 Å². The number of carbonyl (C=O) groups excluding carboxylic acids is 2. The van der Waals surface area contributed by atoms with E-state index >= 15 is 0 Å². The van der Waals surface area contributed by atoms with Crippen LogP contribution in [-0.4, -0.2) is 87.1 Å². The Morgan fingerprint density at radius 1 is 1.39 bits per heavy atom. The van der Waals surface area contributed by atoms with Crippen LogP contribution in [0.5, 0.6) is 0 Å². The molecule has 3 rings (SSSR count). The van der Waals surface area contributed by atoms with Crippen molar-refractivity contribution in [2.45, 2.75) is 38.3 Å². The van der Waals surface area contributed by atoms with Crippen LogP contribution in [0.2, 0.25) is 0 Å². The number of carbonyl (C=O) groups is 3. The van der Waals surface area contributed by atoms with Crippen LogP contribution < -0.4 is 5.32 Å². The van der Waals surface area contributed by atoms with Gasteiger partial charge in [-0.3, -0.25) is 15.0 Å². The number of amides is 2. The lowest BCUT2D eigenvalue weighted by molar-refractivity contribution is -0.161. The number of hydrogen-bond donors (Lipinski definition) is 5. The molecule has 0 aromatic rings. The number of aliphatic carboxylic acids is 1. The Labute approximate surface area is 162 Å². The Morgan fingerprint density at radius 2 is 2.11 bits per heavy atom. The molecule has 0 radical (unpaired) electrons. The van der Waals surface area contributed by atoms with Gasteiger partial charge < -0.3 is 30.4 Å². The Balaban J connectivity index is 1.68. The number of likely N-dealkylation sites (tertiary alicyclic amines) is 1. The smallest absolute Gasteiger partial charge is 0.352 e. The second-order valence-electron chi connectivity index (χ2n) is 7.55. The molecule has 0 saturated carbocycles. The SMILES string of the molecule is C[C@@H](O)[C@H]1C(=O)N2C(C(=O)O)=C([C@@H]3CCN(C(=N)CC(=O)NCCO)C3)C[C@H]12. The predicted octanol–water partition coefficient (Wildman–Crippen LogP) is -1.27. The van der Waals surface area contributed by atoms with Crippen molar-refractivity contribution < 1.29 is 29.7 Å². The largest absolute Gasteiger partial charge is 0.477 e. The number of nitrogens with zero attached hydrogens (tertiary/aromatic N) is 2. The lowest BCUT2D eigenvalue weighted by Gasteiger charge is -2.44. The van der Waals surface area contributed by atoms with Crippen molar-refractivity contribution in [2.24, 2.45) is 11.8 Å². The molecule has 5 N–H and O–H groups in total. The van der Waals surface area contributed by atoms with Gasteiger partial charge in [-0.25, -0.2) is 4.79 Å². The van der Waals surface area contributed by atoms with E-state index in [0.29, 0.717) is 31.5 Å². The van der Waals surface area contributed by atoms with Crippen LogP contribution in [0.3, 0.4) is 0 Å². The average Bonchev–Trinajstić information content (AvgIpc) is 3.22. The quantitative estimate of drug-likeness (QED) is 0.205. The highest BCUT2D eigenvalue weighted by atomic mass is 16.4. The Hall–Kier alpha value is -2.46. The van der Waals surface area contributed by atoms with Gasteiger partial charge in [0, 0.05) is 25.6 Å². The summed E-state index contributed by atoms with van der Waals surface area (Å²) in [6.07, 6.45) is 0.135. The maximum absolute atomic E-state index is 12.3. The van der Waals surface area contributed by atoms with Crippen LogP contribution in [-0.2, 0) is 14.4 Å². The third-order valence-electron chi connectivity index (χ3n) is 5.79. The zero-order valence-electron chi connectivity index (χ0n) is 15.7. The maximum atomic E-state index is 12.3. The summed E-state index contributed by atoms with van der Waals surface area (Å²) >= 11 is 0. The third kappa shape index (κ3) is 3.49. The van der Waals surface area contributed by atoms with Crippen LogP contribution in [0.1, 0.15) is 26.2 Å². The molecular formula is C18H26N4O6. The maximum Gasteiger partial charge on any atom is 0.352 e. The van der Waals surface area contributed by atoms with Crippen molar-refractivity contribution >= 4 is 23.6 Å². The molecule has 10 heteroatoms. The summed E-state index contributed by atoms with van der Waals surface area (Å²) in [6.45, 7) is 2.47. The van der Waals surface area contributed by atoms with E-state index in [1.165, 1.54) is 4.90 Å². The van der Waals surface area contributed by atoms with Gasteiger partial charge in [0.1, 0.15) is 11.5 Å². The van der Waals surface area contributed by atoms with E-state index in [1.54, 1.807) is 11.8 Å². The van der Waals surface area contributed by atoms with Crippen molar-refractivity contribution in [3.05, 3.63) is 11.3 Å². The van der Waals surface area contributed by atoms with Crippen molar-refractivity contribution in [3.63, 3.8) is 0 Å². The molecule has 2 saturated heterocycles. The number of hydrogen-bond acceptors (Lipinski definition) is 6. The molecule has 2 amide bonds. The number of nitrogens with one attached hydrogen (secondary N) is 2. The summed E-state index contributed by atoms with van der Waals surface area (Å²) in [5, 5.41) is 38.8. The van der Waals surface area contributed by atoms with Gasteiger partial charge in [-0.15, -0.1) is 0 Å². The molecule has 0 bridgehead atoms. The number of rotatable bonds is 7. The zero-order chi connectivity index (χ0) is 20.6. The van der Waals surface area contributed by atoms with Gasteiger partial charge in [0.05, 0.1) is 31.1 Å². The molecular weight excluding hydrogens is 368 g/mol. The summed E-state index contributed by atoms with van der Waals surface area (Å²) in [5.41, 5.74) is 0.708. The minimum absolute atomic E-state index is 0.0194. The molecule has 0 aromatic carbocycles. The van der Waals surface area contributed by atoms with Crippen LogP contribution >= 0.6 is 0 Å². The van der Waals surface area contributed by atoms with Gasteiger partial charge in [0.25, 0.3) is 0 Å². The van der Waals surface area contributed by atoms with Crippen LogP contribution in [0.15, 0.2) is 11.3 Å². The fourth-order valence-electron chi connectivity index (χ4n) is 4.48. The number of fused-ring (bicyclic) bond motifs is 1. The number of aliphatic hydroxyl groups is 2. The molecule has 0 spiro atoms. The molecule has 4 atom stereocenters. The first-order valence-electron chi connectivity index (χ1n) is 9.43. The summed E-state index contributed by atoms with van der Waals surface area (Å²) < 4.78 is 0. The van der Waals surface area contributed by atoms with Crippen molar-refractivity contribution in [3.8, 4) is 0 Å². The van der Waals surface area contributed by atoms with E-state index < -0.39 is 18.0 Å². The Bertz CT molecular complexity index is 734.